The van der Waals surface area contributed by atoms with E-state index < -0.39 is 352 Å². The third-order valence-corrected chi connectivity index (χ3v) is 23.5. The molecule has 1 aromatic rings. The number of primary amides is 2. The molecule has 0 saturated carbocycles. The molecule has 1 aliphatic rings. The first kappa shape index (κ1) is 133. The predicted octanol–water partition coefficient (Wildman–Crippen LogP) is -14.0. The molecule has 0 aromatic heterocycles. The van der Waals surface area contributed by atoms with Gasteiger partial charge in [0.15, 0.2) is 0 Å². The topological polar surface area (TPSA) is 968 Å². The fourth-order valence-corrected chi connectivity index (χ4v) is 15.2. The number of aliphatic hydroxyl groups is 6. The number of nitrogens with two attached hydrogens (primary N) is 6. The maximum Gasteiger partial charge on any atom is 0.326 e. The minimum absolute atomic E-state index is 0.0123. The number of aliphatic carboxylic acids is 3. The number of amides is 21. The van der Waals surface area contributed by atoms with Crippen LogP contribution in [-0.4, -0.2) is 384 Å². The van der Waals surface area contributed by atoms with Gasteiger partial charge in [-0.3, -0.25) is 110 Å². The molecule has 0 radical (unpaired) electrons. The van der Waals surface area contributed by atoms with Crippen LogP contribution in [0.3, 0.4) is 0 Å². The number of carbonyl (C=O) groups is 24. The molecule has 1 heterocycles. The molecular weight excluding hydrogens is 2000 g/mol. The van der Waals surface area contributed by atoms with E-state index in [0.29, 0.717) is 31.4 Å². The van der Waals surface area contributed by atoms with E-state index in [1.165, 1.54) is 19.1 Å². The maximum absolute atomic E-state index is 14.5. The van der Waals surface area contributed by atoms with Crippen molar-refractivity contribution >= 4 is 155 Å². The quantitative estimate of drug-likeness (QED) is 0.0213. The van der Waals surface area contributed by atoms with E-state index in [0.717, 1.165) is 25.7 Å². The molecule has 844 valence electrons. The first-order valence-corrected chi connectivity index (χ1v) is 49.5. The normalized spacial score (nSPS) is 16.4. The summed E-state index contributed by atoms with van der Waals surface area (Å²) < 4.78 is 0. The molecule has 2 rings (SSSR count). The minimum Gasteiger partial charge on any atom is -0.481 e. The Kier molecular flexibility index (Phi) is 60.9. The lowest BCUT2D eigenvalue weighted by molar-refractivity contribution is -0.144. The van der Waals surface area contributed by atoms with Gasteiger partial charge in [0.2, 0.25) is 124 Å². The van der Waals surface area contributed by atoms with E-state index in [1.54, 1.807) is 45.9 Å². The Bertz CT molecular complexity index is 4720. The van der Waals surface area contributed by atoms with Gasteiger partial charge in [-0.2, -0.15) is 12.6 Å². The Morgan fingerprint density at radius 3 is 1.10 bits per heavy atom. The SMILES string of the molecule is CC(C)C[C@H](NC(=O)[C@H](CCC(=O)O)NC(=O)[C@H](CO)NC(=O)[C@@H](NC(=O)[C@H](CC(N)=O)NC(=O)[C@H](CO)NC(=O)[C@H](CS)NC(=O)[C@H](CCCCN)NC(=O)[C@@H](NC(=O)[C@H](Cc1ccccc1)NC(=O)[C@H](CO)NC(=O)CNC(=O)[C@@H]1CCCN1C(=O)[C@H](C)NC(=O)[C@H](CC(N)=O)NC(=O)[C@@H](NC(=O)[C@H](CC(C)C)NC(=O)[C@@H](N)CCCCN)[C@@H](C)O)[C@@H](C)O)[C@@H](C)O)C(=O)N[C@@H](CCCCN)C(=O)N[C@@H](CCC(=O)O)C(=O)O. The van der Waals surface area contributed by atoms with Gasteiger partial charge in [0.1, 0.15) is 109 Å². The van der Waals surface area contributed by atoms with Crippen molar-refractivity contribution in [3.63, 3.8) is 0 Å². The van der Waals surface area contributed by atoms with Crippen molar-refractivity contribution in [1.29, 1.82) is 0 Å². The van der Waals surface area contributed by atoms with Crippen LogP contribution in [0.2, 0.25) is 0 Å². The second kappa shape index (κ2) is 68.9. The van der Waals surface area contributed by atoms with Crippen LogP contribution in [0.25, 0.3) is 0 Å². The highest BCUT2D eigenvalue weighted by molar-refractivity contribution is 7.80. The fourth-order valence-electron chi connectivity index (χ4n) is 15.0. The van der Waals surface area contributed by atoms with Gasteiger partial charge in [0.05, 0.1) is 63.6 Å². The second-order valence-electron chi connectivity index (χ2n) is 36.9. The molecule has 59 heteroatoms. The molecule has 1 aromatic carbocycles. The lowest BCUT2D eigenvalue weighted by Gasteiger charge is -2.29. The number of carboxylic acid groups (broad SMARTS) is 3. The molecule has 0 aliphatic carbocycles. The number of rotatable bonds is 73. The number of carbonyl (C=O) groups excluding carboxylic acids is 21. The first-order valence-electron chi connectivity index (χ1n) is 48.9. The molecule has 22 atom stereocenters. The van der Waals surface area contributed by atoms with Crippen LogP contribution >= 0.6 is 12.6 Å². The number of nitrogens with zero attached hydrogens (tertiary/aromatic N) is 1. The van der Waals surface area contributed by atoms with Gasteiger partial charge < -0.3 is 181 Å². The van der Waals surface area contributed by atoms with Gasteiger partial charge in [-0.15, -0.1) is 0 Å². The number of hydrogen-bond donors (Lipinski definition) is 34. The molecule has 0 bridgehead atoms. The zero-order valence-electron chi connectivity index (χ0n) is 84.9. The summed E-state index contributed by atoms with van der Waals surface area (Å²) in [7, 11) is 0. The van der Waals surface area contributed by atoms with Crippen LogP contribution < -0.4 is 130 Å². The summed E-state index contributed by atoms with van der Waals surface area (Å²) in [4.78, 5) is 325. The molecule has 0 unspecified atom stereocenters. The molecule has 39 N–H and O–H groups in total. The molecular formula is C91H151N25O33S. The summed E-state index contributed by atoms with van der Waals surface area (Å²) in [5.74, 6) is -30.3. The highest BCUT2D eigenvalue weighted by atomic mass is 32.1. The van der Waals surface area contributed by atoms with Crippen molar-refractivity contribution in [2.24, 2.45) is 46.2 Å². The van der Waals surface area contributed by atoms with Crippen molar-refractivity contribution in [1.82, 2.24) is 101 Å². The van der Waals surface area contributed by atoms with Crippen LogP contribution in [0.1, 0.15) is 183 Å². The Morgan fingerprint density at radius 2 is 0.693 bits per heavy atom. The number of hydrogen-bond acceptors (Lipinski definition) is 35. The van der Waals surface area contributed by atoms with Crippen LogP contribution in [0.5, 0.6) is 0 Å². The van der Waals surface area contributed by atoms with E-state index in [9.17, 15) is 156 Å². The zero-order chi connectivity index (χ0) is 114. The summed E-state index contributed by atoms with van der Waals surface area (Å²) in [5, 5.41) is 133. The van der Waals surface area contributed by atoms with Crippen molar-refractivity contribution in [3.8, 4) is 0 Å². The molecule has 58 nitrogen and oxygen atoms in total. The van der Waals surface area contributed by atoms with Gasteiger partial charge in [-0.05, 0) is 155 Å². The molecule has 1 fully saturated rings. The molecule has 1 saturated heterocycles. The second-order valence-corrected chi connectivity index (χ2v) is 37.2. The number of benzene rings is 1. The largest absolute Gasteiger partial charge is 0.481 e. The maximum atomic E-state index is 14.5. The minimum atomic E-state index is -2.20. The molecule has 21 amide bonds. The van der Waals surface area contributed by atoms with Crippen LogP contribution in [0, 0.1) is 11.8 Å². The Hall–Kier alpha value is -13.5. The predicted molar refractivity (Wildman–Crippen MR) is 531 cm³/mol. The first-order chi connectivity index (χ1) is 70.5. The zero-order valence-corrected chi connectivity index (χ0v) is 85.8. The smallest absolute Gasteiger partial charge is 0.326 e. The number of nitrogens with one attached hydrogen (secondary N) is 18. The number of likely N-dealkylation sites (tertiary alicyclic amines) is 1. The van der Waals surface area contributed by atoms with Gasteiger partial charge in [-0.1, -0.05) is 64.4 Å². The van der Waals surface area contributed by atoms with Gasteiger partial charge in [0.25, 0.3) is 0 Å². The lowest BCUT2D eigenvalue weighted by Crippen LogP contribution is -2.63. The Morgan fingerprint density at radius 1 is 0.373 bits per heavy atom. The third kappa shape index (κ3) is 48.4. The lowest BCUT2D eigenvalue weighted by atomic mass is 10.0. The molecule has 1 aliphatic heterocycles. The van der Waals surface area contributed by atoms with Crippen molar-refractivity contribution in [3.05, 3.63) is 35.9 Å². The standard InChI is InChI=1S/C91H151N25O33S/c1-43(2)33-55(78(135)101-51(22-13-16-30-93)74(131)104-54(91(148)149)26-28-69(128)129)106-76(133)53(25-27-68(126)127)102-83(140)62(41-119)111-89(146)72(48(8)122)115-81(138)59(37-66(97)124)108-84(141)61(40-118)110-85(142)63(42-150)112-75(132)52(23-14-17-31-94)103-87(144)70(46(6)120)114-80(137)57(35-49-19-10-9-11-20-49)107-82(139)60(39-117)100-67(125)38-98-86(143)64-24-18-32-116(64)90(147)45(5)99-77(134)58(36-65(96)123)109-88(145)71(47(7)121)113-79(136)56(34-44(3)4)105-73(130)50(95)21-12-15-29-92/h9-11,19-20,43-48,50-64,70-72,117-122,150H,12-18,21-42,92-95H2,1-8H3,(H2,96,123)(H2,97,124)(H,98,143)(H,99,134)(H,100,125)(H,101,135)(H,102,140)(H,103,144)(H,104,131)(H,105,130)(H,106,133)(H,107,139)(H,108,141)(H,109,145)(H,110,142)(H,111,146)(H,112,132)(H,113,136)(H,114,137)(H,115,138)(H,126,127)(H,128,129)(H,148,149)/t45-,46+,47+,48+,50-,51-,52-,53-,54-,55-,56-,57-,58-,59-,60-,61-,62-,63-,64-,70-,71-,72-/m0/s1. The van der Waals surface area contributed by atoms with Crippen molar-refractivity contribution in [2.75, 3.05) is 58.3 Å². The van der Waals surface area contributed by atoms with Gasteiger partial charge in [0, 0.05) is 31.6 Å². The van der Waals surface area contributed by atoms with Gasteiger partial charge in [-0.25, -0.2) is 4.79 Å². The van der Waals surface area contributed by atoms with E-state index in [2.05, 4.69) is 92.4 Å². The Labute approximate surface area is 869 Å². The monoisotopic (exact) mass is 2150 g/mol. The average Bonchev–Trinajstić information content (AvgIpc) is 1.74. The Balaban J connectivity index is 2.33. The summed E-state index contributed by atoms with van der Waals surface area (Å²) >= 11 is 4.16. The molecule has 0 spiro atoms. The van der Waals surface area contributed by atoms with Crippen molar-refractivity contribution in [2.45, 2.75) is 317 Å². The highest BCUT2D eigenvalue weighted by Gasteiger charge is 2.44. The summed E-state index contributed by atoms with van der Waals surface area (Å²) in [6.45, 7) is 6.83. The summed E-state index contributed by atoms with van der Waals surface area (Å²) in [6.07, 6.45) is -8.75. The van der Waals surface area contributed by atoms with E-state index >= 15 is 0 Å². The van der Waals surface area contributed by atoms with E-state index in [4.69, 9.17) is 39.5 Å². The van der Waals surface area contributed by atoms with Crippen LogP contribution in [0.4, 0.5) is 0 Å². The van der Waals surface area contributed by atoms with E-state index in [-0.39, 0.29) is 96.2 Å². The average molecular weight is 2160 g/mol. The summed E-state index contributed by atoms with van der Waals surface area (Å²) in [5.41, 5.74) is 34.2. The summed E-state index contributed by atoms with van der Waals surface area (Å²) in [6, 6.07) is -25.3. The van der Waals surface area contributed by atoms with Gasteiger partial charge >= 0.3 is 17.9 Å². The van der Waals surface area contributed by atoms with Crippen LogP contribution in [0.15, 0.2) is 30.3 Å². The number of aliphatic hydroxyl groups excluding tert-OH is 6. The number of carboxylic acids is 3. The fraction of sp³-hybridized carbons (Fsp3) is 0.670. The molecule has 150 heavy (non-hydrogen) atoms. The number of thiol groups is 1. The third-order valence-electron chi connectivity index (χ3n) is 23.1. The van der Waals surface area contributed by atoms with Crippen LogP contribution in [-0.2, 0) is 121 Å². The number of unbranched alkanes of at least 4 members (excludes halogenated alkanes) is 3. The van der Waals surface area contributed by atoms with E-state index in [1.807, 2.05) is 16.0 Å². The highest BCUT2D eigenvalue weighted by Crippen LogP contribution is 2.21. The van der Waals surface area contributed by atoms with Crippen molar-refractivity contribution < 1.29 is 161 Å².